The van der Waals surface area contributed by atoms with Crippen molar-refractivity contribution in [3.05, 3.63) is 64.2 Å². The van der Waals surface area contributed by atoms with E-state index in [-0.39, 0.29) is 5.78 Å². The lowest BCUT2D eigenvalue weighted by Gasteiger charge is -2.04. The van der Waals surface area contributed by atoms with Crippen molar-refractivity contribution in [1.82, 2.24) is 0 Å². The first-order valence-corrected chi connectivity index (χ1v) is 6.29. The summed E-state index contributed by atoms with van der Waals surface area (Å²) in [7, 11) is 0. The fourth-order valence-corrected chi connectivity index (χ4v) is 2.43. The average Bonchev–Trinajstić information content (AvgIpc) is 2.85. The number of benzene rings is 2. The summed E-state index contributed by atoms with van der Waals surface area (Å²) in [6.45, 7) is 0.949. The quantitative estimate of drug-likeness (QED) is 0.834. The minimum Gasteiger partial charge on any atom is -0.384 e. The molecule has 1 aliphatic heterocycles. The number of hydrogen-bond acceptors (Lipinski definition) is 2. The van der Waals surface area contributed by atoms with Gasteiger partial charge in [0, 0.05) is 28.4 Å². The van der Waals surface area contributed by atoms with Crippen LogP contribution in [0.15, 0.2) is 42.5 Å². The molecule has 0 saturated heterocycles. The van der Waals surface area contributed by atoms with Gasteiger partial charge in [0.25, 0.3) is 0 Å². The highest BCUT2D eigenvalue weighted by Gasteiger charge is 2.14. The Morgan fingerprint density at radius 1 is 1.11 bits per heavy atom. The SMILES string of the molecule is O=C(c1cccc(Cl)c1)c1ccc2c(c1)CCN2. The summed E-state index contributed by atoms with van der Waals surface area (Å²) in [4.78, 5) is 12.3. The molecule has 0 bridgehead atoms. The Balaban J connectivity index is 1.98. The Labute approximate surface area is 111 Å². The third-order valence-electron chi connectivity index (χ3n) is 3.16. The molecule has 90 valence electrons. The maximum Gasteiger partial charge on any atom is 0.193 e. The van der Waals surface area contributed by atoms with Crippen LogP contribution in [-0.4, -0.2) is 12.3 Å². The van der Waals surface area contributed by atoms with Gasteiger partial charge in [-0.25, -0.2) is 0 Å². The number of anilines is 1. The van der Waals surface area contributed by atoms with Crippen LogP contribution in [0.3, 0.4) is 0 Å². The number of ketones is 1. The molecule has 2 aromatic rings. The van der Waals surface area contributed by atoms with Crippen LogP contribution < -0.4 is 5.32 Å². The third kappa shape index (κ3) is 2.00. The van der Waals surface area contributed by atoms with Crippen molar-refractivity contribution < 1.29 is 4.79 Å². The average molecular weight is 258 g/mol. The Kier molecular flexibility index (Phi) is 2.80. The van der Waals surface area contributed by atoms with E-state index in [0.29, 0.717) is 10.6 Å². The van der Waals surface area contributed by atoms with Crippen LogP contribution >= 0.6 is 11.6 Å². The van der Waals surface area contributed by atoms with E-state index in [1.807, 2.05) is 18.2 Å². The number of carbonyl (C=O) groups excluding carboxylic acids is 1. The molecule has 0 saturated carbocycles. The number of nitrogens with one attached hydrogen (secondary N) is 1. The highest BCUT2D eigenvalue weighted by atomic mass is 35.5. The first-order valence-electron chi connectivity index (χ1n) is 5.91. The van der Waals surface area contributed by atoms with Gasteiger partial charge in [0.1, 0.15) is 0 Å². The van der Waals surface area contributed by atoms with Crippen molar-refractivity contribution in [2.75, 3.05) is 11.9 Å². The summed E-state index contributed by atoms with van der Waals surface area (Å²) in [6.07, 6.45) is 0.978. The second-order valence-corrected chi connectivity index (χ2v) is 4.82. The van der Waals surface area contributed by atoms with E-state index < -0.39 is 0 Å². The second kappa shape index (κ2) is 4.46. The lowest BCUT2D eigenvalue weighted by Crippen LogP contribution is -2.01. The molecule has 1 N–H and O–H groups in total. The molecule has 3 rings (SSSR count). The predicted molar refractivity (Wildman–Crippen MR) is 73.5 cm³/mol. The molecule has 0 radical (unpaired) electrons. The molecular formula is C15H12ClNO. The summed E-state index contributed by atoms with van der Waals surface area (Å²) >= 11 is 5.91. The van der Waals surface area contributed by atoms with E-state index in [0.717, 1.165) is 24.2 Å². The van der Waals surface area contributed by atoms with Crippen molar-refractivity contribution in [1.29, 1.82) is 0 Å². The molecule has 0 aliphatic carbocycles. The van der Waals surface area contributed by atoms with Crippen molar-refractivity contribution in [2.45, 2.75) is 6.42 Å². The van der Waals surface area contributed by atoms with Gasteiger partial charge >= 0.3 is 0 Å². The van der Waals surface area contributed by atoms with E-state index in [1.165, 1.54) is 5.56 Å². The summed E-state index contributed by atoms with van der Waals surface area (Å²) < 4.78 is 0. The lowest BCUT2D eigenvalue weighted by atomic mass is 10.0. The highest BCUT2D eigenvalue weighted by molar-refractivity contribution is 6.31. The maximum absolute atomic E-state index is 12.3. The van der Waals surface area contributed by atoms with Crippen molar-refractivity contribution in [3.8, 4) is 0 Å². The zero-order chi connectivity index (χ0) is 12.5. The first kappa shape index (κ1) is 11.3. The van der Waals surface area contributed by atoms with Crippen molar-refractivity contribution >= 4 is 23.1 Å². The van der Waals surface area contributed by atoms with Crippen LogP contribution in [0.25, 0.3) is 0 Å². The summed E-state index contributed by atoms with van der Waals surface area (Å²) in [6, 6.07) is 12.9. The fourth-order valence-electron chi connectivity index (χ4n) is 2.24. The molecule has 0 unspecified atom stereocenters. The van der Waals surface area contributed by atoms with Gasteiger partial charge in [0.05, 0.1) is 0 Å². The zero-order valence-corrected chi connectivity index (χ0v) is 10.5. The largest absolute Gasteiger partial charge is 0.384 e. The molecule has 2 aromatic carbocycles. The lowest BCUT2D eigenvalue weighted by molar-refractivity contribution is 0.103. The zero-order valence-electron chi connectivity index (χ0n) is 9.74. The van der Waals surface area contributed by atoms with Gasteiger partial charge in [-0.15, -0.1) is 0 Å². The molecule has 0 amide bonds. The molecule has 2 nitrogen and oxygen atoms in total. The monoisotopic (exact) mass is 257 g/mol. The van der Waals surface area contributed by atoms with Gasteiger partial charge in [0.15, 0.2) is 5.78 Å². The standard InChI is InChI=1S/C15H12ClNO/c16-13-3-1-2-11(9-13)15(18)12-4-5-14-10(8-12)6-7-17-14/h1-5,8-9,17H,6-7H2. The van der Waals surface area contributed by atoms with E-state index in [1.54, 1.807) is 24.3 Å². The van der Waals surface area contributed by atoms with Crippen LogP contribution in [0.4, 0.5) is 5.69 Å². The second-order valence-electron chi connectivity index (χ2n) is 4.39. The summed E-state index contributed by atoms with van der Waals surface area (Å²) in [5.74, 6) is 0.0206. The Bertz CT molecular complexity index is 622. The van der Waals surface area contributed by atoms with Gasteiger partial charge in [0.2, 0.25) is 0 Å². The van der Waals surface area contributed by atoms with Crippen molar-refractivity contribution in [2.24, 2.45) is 0 Å². The molecule has 0 fully saturated rings. The molecule has 1 aliphatic rings. The van der Waals surface area contributed by atoms with Gasteiger partial charge in [-0.1, -0.05) is 23.7 Å². The topological polar surface area (TPSA) is 29.1 Å². The number of fused-ring (bicyclic) bond motifs is 1. The summed E-state index contributed by atoms with van der Waals surface area (Å²) in [5, 5.41) is 3.87. The summed E-state index contributed by atoms with van der Waals surface area (Å²) in [5.41, 5.74) is 3.70. The van der Waals surface area contributed by atoms with E-state index in [4.69, 9.17) is 11.6 Å². The van der Waals surface area contributed by atoms with Crippen LogP contribution in [0.2, 0.25) is 5.02 Å². The van der Waals surface area contributed by atoms with Crippen molar-refractivity contribution in [3.63, 3.8) is 0 Å². The van der Waals surface area contributed by atoms with Gasteiger partial charge in [-0.2, -0.15) is 0 Å². The maximum atomic E-state index is 12.3. The minimum absolute atomic E-state index is 0.0206. The molecule has 0 atom stereocenters. The smallest absolute Gasteiger partial charge is 0.193 e. The minimum atomic E-state index is 0.0206. The Morgan fingerprint density at radius 3 is 2.78 bits per heavy atom. The number of carbonyl (C=O) groups is 1. The van der Waals surface area contributed by atoms with E-state index in [9.17, 15) is 4.79 Å². The van der Waals surface area contributed by atoms with Crippen LogP contribution in [-0.2, 0) is 6.42 Å². The highest BCUT2D eigenvalue weighted by Crippen LogP contribution is 2.24. The Morgan fingerprint density at radius 2 is 1.94 bits per heavy atom. The molecule has 0 aromatic heterocycles. The third-order valence-corrected chi connectivity index (χ3v) is 3.40. The van der Waals surface area contributed by atoms with Gasteiger partial charge < -0.3 is 5.32 Å². The number of halogens is 1. The van der Waals surface area contributed by atoms with Crippen LogP contribution in [0, 0.1) is 0 Å². The van der Waals surface area contributed by atoms with E-state index >= 15 is 0 Å². The molecule has 18 heavy (non-hydrogen) atoms. The molecular weight excluding hydrogens is 246 g/mol. The van der Waals surface area contributed by atoms with Crippen LogP contribution in [0.5, 0.6) is 0 Å². The predicted octanol–water partition coefficient (Wildman–Crippen LogP) is 3.54. The Hall–Kier alpha value is -1.80. The molecule has 0 spiro atoms. The fraction of sp³-hybridized carbons (Fsp3) is 0.133. The van der Waals surface area contributed by atoms with Gasteiger partial charge in [-0.3, -0.25) is 4.79 Å². The van der Waals surface area contributed by atoms with Crippen LogP contribution in [0.1, 0.15) is 21.5 Å². The molecule has 1 heterocycles. The first-order chi connectivity index (χ1) is 8.74. The van der Waals surface area contributed by atoms with E-state index in [2.05, 4.69) is 5.32 Å². The van der Waals surface area contributed by atoms with Gasteiger partial charge in [-0.05, 0) is 42.3 Å². The molecule has 3 heteroatoms. The number of rotatable bonds is 2. The number of hydrogen-bond donors (Lipinski definition) is 1. The normalized spacial score (nSPS) is 12.9.